The number of hydrogen-bond acceptors (Lipinski definition) is 2. The van der Waals surface area contributed by atoms with E-state index in [2.05, 4.69) is 55.5 Å². The smallest absolute Gasteiger partial charge is 0.127 e. The van der Waals surface area contributed by atoms with Crippen LogP contribution in [0.3, 0.4) is 0 Å². The first-order chi connectivity index (χ1) is 12.3. The Morgan fingerprint density at radius 1 is 0.920 bits per heavy atom. The van der Waals surface area contributed by atoms with Gasteiger partial charge in [-0.1, -0.05) is 54.6 Å². The molecule has 0 atom stereocenters. The lowest BCUT2D eigenvalue weighted by Gasteiger charge is -2.19. The second-order valence-electron chi connectivity index (χ2n) is 6.30. The molecule has 124 valence electrons. The molecule has 0 fully saturated rings. The standard InChI is InChI=1S/C23H20O2/c1-17-7-8-20-14-21(16-25-23(20)13-17)19-9-11-22(12-10-19)24-15-18-5-3-2-4-6-18/h2-14H,15-16H2,1H3. The van der Waals surface area contributed by atoms with Crippen LogP contribution in [0.15, 0.2) is 72.8 Å². The maximum absolute atomic E-state index is 5.91. The van der Waals surface area contributed by atoms with Crippen LogP contribution < -0.4 is 9.47 Å². The van der Waals surface area contributed by atoms with E-state index in [1.165, 1.54) is 22.3 Å². The average molecular weight is 328 g/mol. The minimum absolute atomic E-state index is 0.582. The molecule has 3 aromatic carbocycles. The molecule has 0 amide bonds. The minimum atomic E-state index is 0.582. The molecular weight excluding hydrogens is 308 g/mol. The van der Waals surface area contributed by atoms with Crippen LogP contribution in [0.25, 0.3) is 11.6 Å². The molecule has 0 aliphatic carbocycles. The molecule has 0 saturated carbocycles. The summed E-state index contributed by atoms with van der Waals surface area (Å²) in [6.45, 7) is 3.26. The van der Waals surface area contributed by atoms with Gasteiger partial charge in [-0.05, 0) is 53.5 Å². The lowest BCUT2D eigenvalue weighted by Crippen LogP contribution is -2.06. The zero-order valence-electron chi connectivity index (χ0n) is 14.2. The molecule has 0 spiro atoms. The molecule has 4 rings (SSSR count). The molecule has 0 aromatic heterocycles. The van der Waals surface area contributed by atoms with E-state index in [0.717, 1.165) is 17.1 Å². The van der Waals surface area contributed by atoms with Gasteiger partial charge < -0.3 is 9.47 Å². The number of hydrogen-bond donors (Lipinski definition) is 0. The summed E-state index contributed by atoms with van der Waals surface area (Å²) in [6.07, 6.45) is 2.21. The van der Waals surface area contributed by atoms with Gasteiger partial charge in [-0.3, -0.25) is 0 Å². The predicted molar refractivity (Wildman–Crippen MR) is 102 cm³/mol. The molecule has 1 aliphatic rings. The highest BCUT2D eigenvalue weighted by molar-refractivity contribution is 5.85. The lowest BCUT2D eigenvalue weighted by molar-refractivity contribution is 0.306. The van der Waals surface area contributed by atoms with E-state index in [4.69, 9.17) is 9.47 Å². The van der Waals surface area contributed by atoms with Crippen LogP contribution in [-0.4, -0.2) is 6.61 Å². The van der Waals surface area contributed by atoms with Gasteiger partial charge in [0.05, 0.1) is 0 Å². The van der Waals surface area contributed by atoms with Crippen LogP contribution in [0.1, 0.15) is 22.3 Å². The molecule has 0 saturated heterocycles. The van der Waals surface area contributed by atoms with Crippen LogP contribution in [0.5, 0.6) is 11.5 Å². The van der Waals surface area contributed by atoms with Gasteiger partial charge in [0.2, 0.25) is 0 Å². The van der Waals surface area contributed by atoms with Crippen molar-refractivity contribution in [1.29, 1.82) is 0 Å². The van der Waals surface area contributed by atoms with Gasteiger partial charge in [0.15, 0.2) is 0 Å². The topological polar surface area (TPSA) is 18.5 Å². The van der Waals surface area contributed by atoms with E-state index >= 15 is 0 Å². The van der Waals surface area contributed by atoms with Gasteiger partial charge >= 0.3 is 0 Å². The van der Waals surface area contributed by atoms with Gasteiger partial charge in [0.25, 0.3) is 0 Å². The maximum Gasteiger partial charge on any atom is 0.127 e. The average Bonchev–Trinajstić information content (AvgIpc) is 2.67. The van der Waals surface area contributed by atoms with Crippen LogP contribution >= 0.6 is 0 Å². The van der Waals surface area contributed by atoms with Gasteiger partial charge in [0.1, 0.15) is 24.7 Å². The Kier molecular flexibility index (Phi) is 4.26. The number of rotatable bonds is 4. The zero-order valence-corrected chi connectivity index (χ0v) is 14.2. The largest absolute Gasteiger partial charge is 0.489 e. The highest BCUT2D eigenvalue weighted by Crippen LogP contribution is 2.31. The lowest BCUT2D eigenvalue weighted by atomic mass is 10.00. The van der Waals surface area contributed by atoms with Gasteiger partial charge in [-0.15, -0.1) is 0 Å². The number of fused-ring (bicyclic) bond motifs is 1. The first-order valence-electron chi connectivity index (χ1n) is 8.49. The van der Waals surface area contributed by atoms with E-state index < -0.39 is 0 Å². The van der Waals surface area contributed by atoms with E-state index in [1.54, 1.807) is 0 Å². The Balaban J connectivity index is 1.48. The Morgan fingerprint density at radius 2 is 1.72 bits per heavy atom. The number of aryl methyl sites for hydroxylation is 1. The fourth-order valence-corrected chi connectivity index (χ4v) is 2.94. The predicted octanol–water partition coefficient (Wildman–Crippen LogP) is 5.51. The second-order valence-corrected chi connectivity index (χ2v) is 6.30. The summed E-state index contributed by atoms with van der Waals surface area (Å²) in [7, 11) is 0. The third kappa shape index (κ3) is 3.58. The van der Waals surface area contributed by atoms with Gasteiger partial charge in [-0.2, -0.15) is 0 Å². The minimum Gasteiger partial charge on any atom is -0.489 e. The van der Waals surface area contributed by atoms with Crippen molar-refractivity contribution in [3.8, 4) is 11.5 Å². The Hall–Kier alpha value is -3.00. The first-order valence-corrected chi connectivity index (χ1v) is 8.49. The number of ether oxygens (including phenoxy) is 2. The summed E-state index contributed by atoms with van der Waals surface area (Å²) >= 11 is 0. The van der Waals surface area contributed by atoms with Crippen molar-refractivity contribution in [1.82, 2.24) is 0 Å². The number of benzene rings is 3. The molecule has 0 N–H and O–H groups in total. The quantitative estimate of drug-likeness (QED) is 0.629. The van der Waals surface area contributed by atoms with E-state index in [9.17, 15) is 0 Å². The Labute approximate surface area is 148 Å². The fourth-order valence-electron chi connectivity index (χ4n) is 2.94. The highest BCUT2D eigenvalue weighted by atomic mass is 16.5. The van der Waals surface area contributed by atoms with Crippen molar-refractivity contribution in [2.75, 3.05) is 6.61 Å². The monoisotopic (exact) mass is 328 g/mol. The maximum atomic E-state index is 5.91. The fraction of sp³-hybridized carbons (Fsp3) is 0.130. The van der Waals surface area contributed by atoms with E-state index in [1.807, 2.05) is 30.3 Å². The van der Waals surface area contributed by atoms with Crippen molar-refractivity contribution >= 4 is 11.6 Å². The third-order valence-electron chi connectivity index (χ3n) is 4.36. The van der Waals surface area contributed by atoms with Crippen molar-refractivity contribution in [2.24, 2.45) is 0 Å². The summed E-state index contributed by atoms with van der Waals surface area (Å²) in [6, 6.07) is 24.7. The highest BCUT2D eigenvalue weighted by Gasteiger charge is 2.13. The molecular formula is C23H20O2. The zero-order chi connectivity index (χ0) is 17.1. The van der Waals surface area contributed by atoms with Gasteiger partial charge in [0, 0.05) is 5.56 Å². The molecule has 0 bridgehead atoms. The SMILES string of the molecule is Cc1ccc2c(c1)OCC(c1ccc(OCc3ccccc3)cc1)=C2. The summed E-state index contributed by atoms with van der Waals surface area (Å²) in [5.74, 6) is 1.84. The summed E-state index contributed by atoms with van der Waals surface area (Å²) in [5, 5.41) is 0. The van der Waals surface area contributed by atoms with Crippen molar-refractivity contribution < 1.29 is 9.47 Å². The van der Waals surface area contributed by atoms with E-state index in [-0.39, 0.29) is 0 Å². The van der Waals surface area contributed by atoms with Crippen LogP contribution in [0.2, 0.25) is 0 Å². The first kappa shape index (κ1) is 15.5. The summed E-state index contributed by atoms with van der Waals surface area (Å²) < 4.78 is 11.8. The molecule has 2 heteroatoms. The molecule has 0 radical (unpaired) electrons. The molecule has 1 aliphatic heterocycles. The Bertz CT molecular complexity index is 893. The molecule has 3 aromatic rings. The molecule has 2 nitrogen and oxygen atoms in total. The molecule has 1 heterocycles. The van der Waals surface area contributed by atoms with Crippen LogP contribution in [0, 0.1) is 6.92 Å². The van der Waals surface area contributed by atoms with Crippen LogP contribution in [-0.2, 0) is 6.61 Å². The Morgan fingerprint density at radius 3 is 2.52 bits per heavy atom. The third-order valence-corrected chi connectivity index (χ3v) is 4.36. The molecule has 25 heavy (non-hydrogen) atoms. The van der Waals surface area contributed by atoms with E-state index in [0.29, 0.717) is 13.2 Å². The molecule has 0 unspecified atom stereocenters. The van der Waals surface area contributed by atoms with Crippen molar-refractivity contribution in [2.45, 2.75) is 13.5 Å². The van der Waals surface area contributed by atoms with Crippen molar-refractivity contribution in [3.63, 3.8) is 0 Å². The van der Waals surface area contributed by atoms with Crippen molar-refractivity contribution in [3.05, 3.63) is 95.1 Å². The van der Waals surface area contributed by atoms with Crippen LogP contribution in [0.4, 0.5) is 0 Å². The normalized spacial score (nSPS) is 12.8. The van der Waals surface area contributed by atoms with Gasteiger partial charge in [-0.25, -0.2) is 0 Å². The summed E-state index contributed by atoms with van der Waals surface area (Å²) in [5.41, 5.74) is 5.87. The summed E-state index contributed by atoms with van der Waals surface area (Å²) in [4.78, 5) is 0. The second kappa shape index (κ2) is 6.86.